The fraction of sp³-hybridized carbons (Fsp3) is 0.500. The lowest BCUT2D eigenvalue weighted by Crippen LogP contribution is -2.30. The summed E-state index contributed by atoms with van der Waals surface area (Å²) in [6.07, 6.45) is 2.97. The van der Waals surface area contributed by atoms with Crippen LogP contribution in [-0.2, 0) is 35.5 Å². The molecule has 1 atom stereocenters. The van der Waals surface area contributed by atoms with Crippen molar-refractivity contribution in [1.29, 1.82) is 0 Å². The lowest BCUT2D eigenvalue weighted by Gasteiger charge is -2.17. The van der Waals surface area contributed by atoms with Gasteiger partial charge in [0.05, 0.1) is 5.39 Å². The van der Waals surface area contributed by atoms with E-state index in [2.05, 4.69) is 27.4 Å². The summed E-state index contributed by atoms with van der Waals surface area (Å²) in [4.78, 5) is 32.3. The van der Waals surface area contributed by atoms with Crippen LogP contribution in [0.4, 0.5) is 5.13 Å². The maximum atomic E-state index is 13.1. The molecule has 1 unspecified atom stereocenters. The molecule has 1 aliphatic rings. The largest absolute Gasteiger partial charge is 0.377 e. The molecular formula is C18H21N5O3S2. The van der Waals surface area contributed by atoms with Gasteiger partial charge in [0.25, 0.3) is 5.56 Å². The van der Waals surface area contributed by atoms with E-state index in [0.29, 0.717) is 33.9 Å². The second kappa shape index (κ2) is 7.69. The van der Waals surface area contributed by atoms with Gasteiger partial charge < -0.3 is 4.74 Å². The summed E-state index contributed by atoms with van der Waals surface area (Å²) < 4.78 is 6.45. The van der Waals surface area contributed by atoms with E-state index >= 15 is 0 Å². The van der Waals surface area contributed by atoms with Crippen LogP contribution in [0.5, 0.6) is 0 Å². The Balaban J connectivity index is 1.61. The second-order valence-electron chi connectivity index (χ2n) is 7.06. The Morgan fingerprint density at radius 3 is 2.96 bits per heavy atom. The summed E-state index contributed by atoms with van der Waals surface area (Å²) in [5, 5.41) is 12.3. The van der Waals surface area contributed by atoms with Gasteiger partial charge in [-0.25, -0.2) is 4.98 Å². The van der Waals surface area contributed by atoms with Crippen molar-refractivity contribution in [2.75, 3.05) is 12.4 Å². The van der Waals surface area contributed by atoms with Crippen LogP contribution in [0.3, 0.4) is 0 Å². The van der Waals surface area contributed by atoms with Gasteiger partial charge in [0.1, 0.15) is 28.8 Å². The summed E-state index contributed by atoms with van der Waals surface area (Å²) in [5.74, 6) is 0.838. The number of aryl methyl sites for hydroxylation is 2. The van der Waals surface area contributed by atoms with Crippen molar-refractivity contribution in [2.24, 2.45) is 5.92 Å². The minimum atomic E-state index is -0.329. The van der Waals surface area contributed by atoms with E-state index in [9.17, 15) is 9.59 Å². The number of rotatable bonds is 5. The standard InChI is InChI=1S/C18H21N5O3S2/c1-9-4-5-11-12(6-9)27-16-15(11)17(25)23(10(2)19-16)7-13(24)20-18-22-21-14(28-18)8-26-3/h9H,4-8H2,1-3H3,(H,20,22,24). The van der Waals surface area contributed by atoms with Crippen molar-refractivity contribution >= 4 is 43.9 Å². The molecule has 10 heteroatoms. The van der Waals surface area contributed by atoms with Crippen molar-refractivity contribution in [2.45, 2.75) is 46.3 Å². The number of anilines is 1. The molecule has 0 saturated heterocycles. The van der Waals surface area contributed by atoms with Gasteiger partial charge in [0, 0.05) is 12.0 Å². The molecule has 3 heterocycles. The molecule has 0 saturated carbocycles. The third kappa shape index (κ3) is 3.59. The predicted molar refractivity (Wildman–Crippen MR) is 109 cm³/mol. The van der Waals surface area contributed by atoms with Gasteiger partial charge in [0.15, 0.2) is 0 Å². The number of nitrogens with zero attached hydrogens (tertiary/aromatic N) is 4. The zero-order chi connectivity index (χ0) is 19.8. The number of ether oxygens (including phenoxy) is 1. The topological polar surface area (TPSA) is 99.0 Å². The van der Waals surface area contributed by atoms with Gasteiger partial charge in [-0.3, -0.25) is 19.5 Å². The average Bonchev–Trinajstić information content (AvgIpc) is 3.22. The van der Waals surface area contributed by atoms with Gasteiger partial charge in [-0.1, -0.05) is 18.3 Å². The highest BCUT2D eigenvalue weighted by atomic mass is 32.1. The van der Waals surface area contributed by atoms with Crippen LogP contribution in [0.1, 0.15) is 34.6 Å². The Hall–Kier alpha value is -2.17. The van der Waals surface area contributed by atoms with E-state index in [-0.39, 0.29) is 18.0 Å². The van der Waals surface area contributed by atoms with Crippen LogP contribution in [0.15, 0.2) is 4.79 Å². The number of amides is 1. The Morgan fingerprint density at radius 1 is 1.36 bits per heavy atom. The summed E-state index contributed by atoms with van der Waals surface area (Å²) in [6.45, 7) is 4.24. The molecule has 1 N–H and O–H groups in total. The molecule has 0 spiro atoms. The van der Waals surface area contributed by atoms with Gasteiger partial charge >= 0.3 is 0 Å². The summed E-state index contributed by atoms with van der Waals surface area (Å²) in [7, 11) is 1.57. The lowest BCUT2D eigenvalue weighted by molar-refractivity contribution is -0.116. The number of carbonyl (C=O) groups is 1. The molecule has 1 aliphatic carbocycles. The minimum absolute atomic E-state index is 0.103. The van der Waals surface area contributed by atoms with Crippen molar-refractivity contribution in [3.05, 3.63) is 31.6 Å². The number of hydrogen-bond acceptors (Lipinski definition) is 8. The number of nitrogens with one attached hydrogen (secondary N) is 1. The van der Waals surface area contributed by atoms with Gasteiger partial charge in [-0.15, -0.1) is 21.5 Å². The van der Waals surface area contributed by atoms with E-state index < -0.39 is 0 Å². The maximum Gasteiger partial charge on any atom is 0.263 e. The maximum absolute atomic E-state index is 13.1. The SMILES string of the molecule is COCc1nnc(NC(=O)Cn2c(C)nc3sc4c(c3c2=O)CCC(C)C4)s1. The van der Waals surface area contributed by atoms with Crippen molar-refractivity contribution < 1.29 is 9.53 Å². The average molecular weight is 420 g/mol. The molecular weight excluding hydrogens is 398 g/mol. The first-order valence-electron chi connectivity index (χ1n) is 9.09. The molecule has 0 aliphatic heterocycles. The van der Waals surface area contributed by atoms with Gasteiger partial charge in [-0.2, -0.15) is 0 Å². The van der Waals surface area contributed by atoms with E-state index in [0.717, 1.165) is 29.7 Å². The van der Waals surface area contributed by atoms with Crippen LogP contribution in [-0.4, -0.2) is 32.8 Å². The minimum Gasteiger partial charge on any atom is -0.377 e. The molecule has 28 heavy (non-hydrogen) atoms. The first-order valence-corrected chi connectivity index (χ1v) is 10.7. The van der Waals surface area contributed by atoms with Gasteiger partial charge in [0.2, 0.25) is 11.0 Å². The monoisotopic (exact) mass is 419 g/mol. The summed E-state index contributed by atoms with van der Waals surface area (Å²) >= 11 is 2.86. The van der Waals surface area contributed by atoms with Crippen molar-refractivity contribution in [3.63, 3.8) is 0 Å². The third-order valence-electron chi connectivity index (χ3n) is 4.89. The van der Waals surface area contributed by atoms with E-state index in [1.807, 2.05) is 0 Å². The highest BCUT2D eigenvalue weighted by Crippen LogP contribution is 2.35. The van der Waals surface area contributed by atoms with E-state index in [1.54, 1.807) is 25.4 Å². The van der Waals surface area contributed by atoms with Crippen molar-refractivity contribution in [1.82, 2.24) is 19.7 Å². The Morgan fingerprint density at radius 2 is 2.18 bits per heavy atom. The first-order chi connectivity index (χ1) is 13.5. The normalized spacial score (nSPS) is 16.3. The Labute approximate surface area is 169 Å². The fourth-order valence-corrected chi connectivity index (χ4v) is 5.65. The lowest BCUT2D eigenvalue weighted by atomic mass is 9.89. The zero-order valence-electron chi connectivity index (χ0n) is 15.9. The molecule has 0 fully saturated rings. The molecule has 4 rings (SSSR count). The molecule has 0 aromatic carbocycles. The predicted octanol–water partition coefficient (Wildman–Crippen LogP) is 2.53. The quantitative estimate of drug-likeness (QED) is 0.682. The smallest absolute Gasteiger partial charge is 0.263 e. The van der Waals surface area contributed by atoms with Crippen LogP contribution >= 0.6 is 22.7 Å². The first kappa shape index (κ1) is 19.2. The molecule has 8 nitrogen and oxygen atoms in total. The molecule has 0 radical (unpaired) electrons. The third-order valence-corrected chi connectivity index (χ3v) is 6.85. The summed E-state index contributed by atoms with van der Waals surface area (Å²) in [5.41, 5.74) is 0.986. The fourth-order valence-electron chi connectivity index (χ4n) is 3.50. The van der Waals surface area contributed by atoms with Crippen molar-refractivity contribution in [3.8, 4) is 0 Å². The Kier molecular flexibility index (Phi) is 5.26. The number of thiophene rings is 1. The number of methoxy groups -OCH3 is 1. The number of carbonyl (C=O) groups excluding carboxylic acids is 1. The molecule has 1 amide bonds. The summed E-state index contributed by atoms with van der Waals surface area (Å²) in [6, 6.07) is 0. The Bertz CT molecular complexity index is 1100. The zero-order valence-corrected chi connectivity index (χ0v) is 17.6. The number of hydrogen-bond donors (Lipinski definition) is 1. The number of aromatic nitrogens is 4. The van der Waals surface area contributed by atoms with Crippen LogP contribution in [0.2, 0.25) is 0 Å². The molecule has 3 aromatic rings. The highest BCUT2D eigenvalue weighted by Gasteiger charge is 2.24. The molecule has 0 bridgehead atoms. The van der Waals surface area contributed by atoms with Crippen LogP contribution < -0.4 is 10.9 Å². The highest BCUT2D eigenvalue weighted by molar-refractivity contribution is 7.18. The number of fused-ring (bicyclic) bond motifs is 3. The molecule has 3 aromatic heterocycles. The van der Waals surface area contributed by atoms with E-state index in [4.69, 9.17) is 4.74 Å². The second-order valence-corrected chi connectivity index (χ2v) is 9.21. The van der Waals surface area contributed by atoms with E-state index in [1.165, 1.54) is 20.8 Å². The van der Waals surface area contributed by atoms with Crippen LogP contribution in [0, 0.1) is 12.8 Å². The molecule has 148 valence electrons. The van der Waals surface area contributed by atoms with Gasteiger partial charge in [-0.05, 0) is 37.7 Å². The van der Waals surface area contributed by atoms with Crippen LogP contribution in [0.25, 0.3) is 10.2 Å².